The van der Waals surface area contributed by atoms with Crippen LogP contribution in [0.3, 0.4) is 0 Å². The van der Waals surface area contributed by atoms with Crippen LogP contribution in [-0.2, 0) is 18.9 Å². The van der Waals surface area contributed by atoms with E-state index in [0.29, 0.717) is 30.8 Å². The van der Waals surface area contributed by atoms with E-state index in [4.69, 9.17) is 0 Å². The predicted octanol–water partition coefficient (Wildman–Crippen LogP) is 1.79. The Kier molecular flexibility index (Phi) is 5.19. The first-order valence-electron chi connectivity index (χ1n) is 10.1. The van der Waals surface area contributed by atoms with Crippen LogP contribution in [0, 0.1) is 12.8 Å². The second-order valence-electron chi connectivity index (χ2n) is 8.00. The fraction of sp³-hybridized carbons (Fsp3) is 0.429. The Bertz CT molecular complexity index is 1160. The van der Waals surface area contributed by atoms with Gasteiger partial charge in [-0.2, -0.15) is 5.10 Å². The summed E-state index contributed by atoms with van der Waals surface area (Å²) in [6.07, 6.45) is 3.57. The summed E-state index contributed by atoms with van der Waals surface area (Å²) < 4.78 is 3.15. The number of piperidine rings is 1. The van der Waals surface area contributed by atoms with E-state index in [0.717, 1.165) is 29.6 Å². The van der Waals surface area contributed by atoms with Gasteiger partial charge in [0.05, 0.1) is 22.8 Å². The number of H-pyrrole nitrogens is 1. The molecule has 9 heteroatoms. The summed E-state index contributed by atoms with van der Waals surface area (Å²) in [7, 11) is 3.45. The van der Waals surface area contributed by atoms with Crippen LogP contribution in [0.1, 0.15) is 35.3 Å². The Labute approximate surface area is 173 Å². The SMILES string of the molecule is Cc1[nH]ncc1C(=O)N1CCC(CC(=O)Nc2ccc3c(c2)n(C)c(=O)n3C)CC1. The zero-order chi connectivity index (χ0) is 21.4. The fourth-order valence-corrected chi connectivity index (χ4v) is 4.14. The number of imidazole rings is 1. The molecule has 4 rings (SSSR count). The highest BCUT2D eigenvalue weighted by atomic mass is 16.2. The summed E-state index contributed by atoms with van der Waals surface area (Å²) in [6, 6.07) is 5.48. The van der Waals surface area contributed by atoms with Crippen LogP contribution in [-0.4, -0.2) is 49.1 Å². The van der Waals surface area contributed by atoms with Gasteiger partial charge in [0.2, 0.25) is 5.91 Å². The Morgan fingerprint density at radius 2 is 1.87 bits per heavy atom. The number of fused-ring (bicyclic) bond motifs is 1. The third-order valence-electron chi connectivity index (χ3n) is 5.99. The molecule has 1 aromatic carbocycles. The number of carbonyl (C=O) groups excluding carboxylic acids is 2. The molecule has 0 aliphatic carbocycles. The molecule has 158 valence electrons. The van der Waals surface area contributed by atoms with E-state index >= 15 is 0 Å². The average Bonchev–Trinajstić information content (AvgIpc) is 3.25. The minimum Gasteiger partial charge on any atom is -0.339 e. The van der Waals surface area contributed by atoms with Crippen molar-refractivity contribution in [1.82, 2.24) is 24.2 Å². The number of rotatable bonds is 4. The van der Waals surface area contributed by atoms with Crippen molar-refractivity contribution in [3.8, 4) is 0 Å². The minimum atomic E-state index is -0.0969. The van der Waals surface area contributed by atoms with Crippen LogP contribution in [0.2, 0.25) is 0 Å². The Balaban J connectivity index is 1.34. The molecule has 0 spiro atoms. The Morgan fingerprint density at radius 1 is 1.17 bits per heavy atom. The average molecular weight is 410 g/mol. The van der Waals surface area contributed by atoms with E-state index in [-0.39, 0.29) is 23.4 Å². The Hall–Kier alpha value is -3.36. The molecule has 1 fully saturated rings. The fourth-order valence-electron chi connectivity index (χ4n) is 4.14. The van der Waals surface area contributed by atoms with Gasteiger partial charge >= 0.3 is 5.69 Å². The first-order valence-corrected chi connectivity index (χ1v) is 10.1. The van der Waals surface area contributed by atoms with E-state index in [1.165, 1.54) is 0 Å². The van der Waals surface area contributed by atoms with E-state index in [9.17, 15) is 14.4 Å². The molecule has 1 aliphatic rings. The lowest BCUT2D eigenvalue weighted by molar-refractivity contribution is -0.117. The summed E-state index contributed by atoms with van der Waals surface area (Å²) >= 11 is 0. The number of nitrogens with one attached hydrogen (secondary N) is 2. The lowest BCUT2D eigenvalue weighted by Crippen LogP contribution is -2.39. The lowest BCUT2D eigenvalue weighted by atomic mass is 9.93. The van der Waals surface area contributed by atoms with Crippen molar-refractivity contribution in [1.29, 1.82) is 0 Å². The molecule has 0 saturated carbocycles. The van der Waals surface area contributed by atoms with Crippen molar-refractivity contribution in [3.63, 3.8) is 0 Å². The molecule has 0 unspecified atom stereocenters. The van der Waals surface area contributed by atoms with E-state index in [2.05, 4.69) is 15.5 Å². The van der Waals surface area contributed by atoms with Gasteiger partial charge in [0.1, 0.15) is 0 Å². The molecule has 3 aromatic rings. The quantitative estimate of drug-likeness (QED) is 0.684. The molecular formula is C21H26N6O3. The van der Waals surface area contributed by atoms with Gasteiger partial charge in [-0.1, -0.05) is 0 Å². The maximum absolute atomic E-state index is 12.6. The van der Waals surface area contributed by atoms with Gasteiger partial charge in [-0.15, -0.1) is 0 Å². The van der Waals surface area contributed by atoms with Gasteiger partial charge in [0.15, 0.2) is 0 Å². The maximum atomic E-state index is 12.6. The minimum absolute atomic E-state index is 0.00840. The summed E-state index contributed by atoms with van der Waals surface area (Å²) in [5.74, 6) is 0.181. The van der Waals surface area contributed by atoms with Crippen LogP contribution < -0.4 is 11.0 Å². The number of benzene rings is 1. The number of carbonyl (C=O) groups is 2. The molecule has 1 aliphatic heterocycles. The van der Waals surface area contributed by atoms with Gasteiger partial charge in [-0.25, -0.2) is 4.79 Å². The summed E-state index contributed by atoms with van der Waals surface area (Å²) in [5, 5.41) is 9.66. The van der Waals surface area contributed by atoms with Gasteiger partial charge < -0.3 is 10.2 Å². The van der Waals surface area contributed by atoms with Crippen LogP contribution in [0.25, 0.3) is 11.0 Å². The van der Waals surface area contributed by atoms with Crippen molar-refractivity contribution in [3.05, 3.63) is 46.1 Å². The highest BCUT2D eigenvalue weighted by Gasteiger charge is 2.26. The van der Waals surface area contributed by atoms with Crippen LogP contribution in [0.4, 0.5) is 5.69 Å². The Morgan fingerprint density at radius 3 is 2.53 bits per heavy atom. The molecule has 30 heavy (non-hydrogen) atoms. The number of hydrogen-bond acceptors (Lipinski definition) is 4. The maximum Gasteiger partial charge on any atom is 0.328 e. The second-order valence-corrected chi connectivity index (χ2v) is 8.00. The number of likely N-dealkylation sites (tertiary alicyclic amines) is 1. The van der Waals surface area contributed by atoms with Crippen molar-refractivity contribution >= 4 is 28.5 Å². The van der Waals surface area contributed by atoms with Crippen LogP contribution in [0.5, 0.6) is 0 Å². The smallest absolute Gasteiger partial charge is 0.328 e. The highest BCUT2D eigenvalue weighted by molar-refractivity contribution is 5.95. The van der Waals surface area contributed by atoms with Crippen molar-refractivity contribution in [2.75, 3.05) is 18.4 Å². The molecule has 0 bridgehead atoms. The summed E-state index contributed by atoms with van der Waals surface area (Å²) in [6.45, 7) is 3.11. The number of aromatic nitrogens is 4. The van der Waals surface area contributed by atoms with Gasteiger partial charge in [-0.05, 0) is 43.9 Å². The van der Waals surface area contributed by atoms with Crippen LogP contribution in [0.15, 0.2) is 29.2 Å². The van der Waals surface area contributed by atoms with Crippen LogP contribution >= 0.6 is 0 Å². The van der Waals surface area contributed by atoms with Crippen molar-refractivity contribution in [2.24, 2.45) is 20.0 Å². The number of amides is 2. The second kappa shape index (κ2) is 7.81. The monoisotopic (exact) mass is 410 g/mol. The zero-order valence-electron chi connectivity index (χ0n) is 17.4. The number of aromatic amines is 1. The number of anilines is 1. The van der Waals surface area contributed by atoms with Crippen molar-refractivity contribution < 1.29 is 9.59 Å². The number of aryl methyl sites for hydroxylation is 3. The van der Waals surface area contributed by atoms with Gasteiger partial charge in [0, 0.05) is 45.0 Å². The molecule has 2 amide bonds. The molecular weight excluding hydrogens is 384 g/mol. The predicted molar refractivity (Wildman–Crippen MR) is 113 cm³/mol. The first-order chi connectivity index (χ1) is 14.3. The highest BCUT2D eigenvalue weighted by Crippen LogP contribution is 2.24. The van der Waals surface area contributed by atoms with Gasteiger partial charge in [-0.3, -0.25) is 23.8 Å². The third-order valence-corrected chi connectivity index (χ3v) is 5.99. The normalized spacial score (nSPS) is 15.0. The molecule has 0 atom stereocenters. The number of hydrogen-bond donors (Lipinski definition) is 2. The summed E-state index contributed by atoms with van der Waals surface area (Å²) in [4.78, 5) is 39.0. The standard InChI is InChI=1S/C21H26N6O3/c1-13-16(12-22-24-13)20(29)27-8-6-14(7-9-27)10-19(28)23-15-4-5-17-18(11-15)26(3)21(30)25(17)2/h4-5,11-12,14H,6-10H2,1-3H3,(H,22,24)(H,23,28). The first kappa shape index (κ1) is 19.9. The van der Waals surface area contributed by atoms with Gasteiger partial charge in [0.25, 0.3) is 5.91 Å². The zero-order valence-corrected chi connectivity index (χ0v) is 17.4. The van der Waals surface area contributed by atoms with E-state index in [1.807, 2.05) is 30.0 Å². The van der Waals surface area contributed by atoms with E-state index < -0.39 is 0 Å². The largest absolute Gasteiger partial charge is 0.339 e. The topological polar surface area (TPSA) is 105 Å². The van der Waals surface area contributed by atoms with Crippen molar-refractivity contribution in [2.45, 2.75) is 26.2 Å². The lowest BCUT2D eigenvalue weighted by Gasteiger charge is -2.31. The summed E-state index contributed by atoms with van der Waals surface area (Å²) in [5.41, 5.74) is 3.57. The third kappa shape index (κ3) is 3.62. The molecule has 2 N–H and O–H groups in total. The molecule has 0 radical (unpaired) electrons. The molecule has 3 heterocycles. The molecule has 2 aromatic heterocycles. The molecule has 9 nitrogen and oxygen atoms in total. The van der Waals surface area contributed by atoms with E-state index in [1.54, 1.807) is 29.4 Å². The number of nitrogens with zero attached hydrogens (tertiary/aromatic N) is 4. The molecule has 1 saturated heterocycles.